The van der Waals surface area contributed by atoms with Gasteiger partial charge in [-0.3, -0.25) is 4.79 Å². The van der Waals surface area contributed by atoms with E-state index in [9.17, 15) is 4.79 Å². The summed E-state index contributed by atoms with van der Waals surface area (Å²) in [6.07, 6.45) is 1.06. The molecule has 3 heterocycles. The van der Waals surface area contributed by atoms with Crippen molar-refractivity contribution >= 4 is 34.4 Å². The number of nitrogen functional groups attached to an aromatic ring is 1. The Balaban J connectivity index is 1.87. The minimum absolute atomic E-state index is 0.0101. The maximum atomic E-state index is 11.5. The second-order valence-corrected chi connectivity index (χ2v) is 7.69. The molecule has 0 bridgehead atoms. The molecule has 3 aromatic rings. The van der Waals surface area contributed by atoms with Crippen LogP contribution >= 0.6 is 11.6 Å². The molecule has 158 valence electrons. The number of aromatic nitrogens is 4. The van der Waals surface area contributed by atoms with E-state index in [-0.39, 0.29) is 24.7 Å². The summed E-state index contributed by atoms with van der Waals surface area (Å²) in [5.74, 6) is 0.889. The molecular formula is C20H23ClN6O3. The number of carbonyl (C=O) groups excluding carboxylic acids is 1. The van der Waals surface area contributed by atoms with Gasteiger partial charge in [0.15, 0.2) is 5.65 Å². The van der Waals surface area contributed by atoms with Gasteiger partial charge in [-0.15, -0.1) is 0 Å². The zero-order valence-electron chi connectivity index (χ0n) is 17.2. The predicted octanol–water partition coefficient (Wildman–Crippen LogP) is 2.48. The van der Waals surface area contributed by atoms with Gasteiger partial charge >= 0.3 is 0 Å². The number of benzene rings is 1. The average Bonchev–Trinajstić information content (AvgIpc) is 3.07. The number of nitrogens with two attached hydrogens (primary N) is 1. The van der Waals surface area contributed by atoms with Crippen LogP contribution in [0.15, 0.2) is 12.4 Å². The van der Waals surface area contributed by atoms with E-state index in [0.717, 1.165) is 27.8 Å². The third-order valence-electron chi connectivity index (χ3n) is 5.49. The number of ether oxygens (including phenoxy) is 2. The van der Waals surface area contributed by atoms with Crippen LogP contribution in [0, 0.1) is 13.8 Å². The fourth-order valence-electron chi connectivity index (χ4n) is 3.94. The molecule has 0 radical (unpaired) electrons. The zero-order chi connectivity index (χ0) is 21.6. The summed E-state index contributed by atoms with van der Waals surface area (Å²) in [7, 11) is 1.61. The number of nitrogens with zero attached hydrogens (tertiary/aromatic N) is 4. The topological polar surface area (TPSA) is 117 Å². The summed E-state index contributed by atoms with van der Waals surface area (Å²) in [5, 5.41) is 8.79. The third kappa shape index (κ3) is 3.23. The van der Waals surface area contributed by atoms with Gasteiger partial charge in [-0.05, 0) is 32.4 Å². The normalized spacial score (nSPS) is 17.8. The Morgan fingerprint density at radius 3 is 2.83 bits per heavy atom. The molecule has 9 nitrogen and oxygen atoms in total. The van der Waals surface area contributed by atoms with Gasteiger partial charge in [-0.1, -0.05) is 11.6 Å². The van der Waals surface area contributed by atoms with Crippen LogP contribution < -0.4 is 15.8 Å². The maximum Gasteiger partial charge on any atom is 0.246 e. The van der Waals surface area contributed by atoms with Crippen molar-refractivity contribution in [2.24, 2.45) is 0 Å². The highest BCUT2D eigenvalue weighted by atomic mass is 35.5. The lowest BCUT2D eigenvalue weighted by Gasteiger charge is -2.29. The van der Waals surface area contributed by atoms with Crippen LogP contribution in [-0.4, -0.2) is 45.9 Å². The fraction of sp³-hybridized carbons (Fsp3) is 0.400. The Kier molecular flexibility index (Phi) is 5.25. The molecule has 10 heteroatoms. The van der Waals surface area contributed by atoms with Crippen molar-refractivity contribution < 1.29 is 14.3 Å². The summed E-state index contributed by atoms with van der Waals surface area (Å²) in [6.45, 7) is 6.10. The van der Waals surface area contributed by atoms with E-state index in [1.165, 1.54) is 6.33 Å². The second-order valence-electron chi connectivity index (χ2n) is 7.29. The number of morpholine rings is 1. The highest BCUT2D eigenvalue weighted by molar-refractivity contribution is 6.31. The van der Waals surface area contributed by atoms with Gasteiger partial charge in [0, 0.05) is 22.7 Å². The number of anilines is 1. The maximum absolute atomic E-state index is 11.5. The summed E-state index contributed by atoms with van der Waals surface area (Å²) >= 11 is 6.60. The SMILES string of the molecule is COc1c([C@H](C)n2nc(C)c3c(N)ncnc32)cc(Cl)c(C)c1C1CNC(=O)CO1. The van der Waals surface area contributed by atoms with Crippen molar-refractivity contribution in [1.82, 2.24) is 25.1 Å². The van der Waals surface area contributed by atoms with E-state index >= 15 is 0 Å². The zero-order valence-corrected chi connectivity index (χ0v) is 17.9. The van der Waals surface area contributed by atoms with Crippen molar-refractivity contribution in [2.45, 2.75) is 32.9 Å². The van der Waals surface area contributed by atoms with E-state index in [4.69, 9.17) is 26.8 Å². The monoisotopic (exact) mass is 430 g/mol. The molecular weight excluding hydrogens is 408 g/mol. The quantitative estimate of drug-likeness (QED) is 0.652. The van der Waals surface area contributed by atoms with Crippen LogP contribution in [0.1, 0.15) is 41.5 Å². The van der Waals surface area contributed by atoms with Crippen LogP contribution in [0.4, 0.5) is 5.82 Å². The number of aryl methyl sites for hydroxylation is 1. The van der Waals surface area contributed by atoms with Crippen molar-refractivity contribution in [3.63, 3.8) is 0 Å². The van der Waals surface area contributed by atoms with Crippen LogP contribution in [0.2, 0.25) is 5.02 Å². The minimum atomic E-state index is -0.364. The number of hydrogen-bond donors (Lipinski definition) is 2. The molecule has 0 spiro atoms. The summed E-state index contributed by atoms with van der Waals surface area (Å²) < 4.78 is 13.4. The third-order valence-corrected chi connectivity index (χ3v) is 5.88. The predicted molar refractivity (Wildman–Crippen MR) is 113 cm³/mol. The molecule has 0 saturated carbocycles. The van der Waals surface area contributed by atoms with Crippen molar-refractivity contribution in [2.75, 3.05) is 26.0 Å². The van der Waals surface area contributed by atoms with Crippen LogP contribution in [0.25, 0.3) is 11.0 Å². The number of hydrogen-bond acceptors (Lipinski definition) is 7. The molecule has 1 fully saturated rings. The first-order valence-corrected chi connectivity index (χ1v) is 9.91. The van der Waals surface area contributed by atoms with Crippen LogP contribution in [0.5, 0.6) is 5.75 Å². The number of fused-ring (bicyclic) bond motifs is 1. The Bertz CT molecular complexity index is 1140. The van der Waals surface area contributed by atoms with Gasteiger partial charge in [0.25, 0.3) is 0 Å². The number of methoxy groups -OCH3 is 1. The first kappa shape index (κ1) is 20.4. The van der Waals surface area contributed by atoms with Gasteiger partial charge in [-0.25, -0.2) is 14.6 Å². The van der Waals surface area contributed by atoms with E-state index < -0.39 is 0 Å². The Morgan fingerprint density at radius 1 is 1.40 bits per heavy atom. The van der Waals surface area contributed by atoms with Gasteiger partial charge in [-0.2, -0.15) is 5.10 Å². The highest BCUT2D eigenvalue weighted by Gasteiger charge is 2.30. The van der Waals surface area contributed by atoms with E-state index in [1.54, 1.807) is 11.8 Å². The van der Waals surface area contributed by atoms with E-state index in [1.807, 2.05) is 26.8 Å². The minimum Gasteiger partial charge on any atom is -0.496 e. The molecule has 1 aromatic carbocycles. The molecule has 4 rings (SSSR count). The van der Waals surface area contributed by atoms with Gasteiger partial charge in [0.2, 0.25) is 5.91 Å². The van der Waals surface area contributed by atoms with E-state index in [2.05, 4.69) is 20.4 Å². The van der Waals surface area contributed by atoms with Crippen molar-refractivity contribution in [1.29, 1.82) is 0 Å². The van der Waals surface area contributed by atoms with Crippen molar-refractivity contribution in [3.05, 3.63) is 39.8 Å². The lowest BCUT2D eigenvalue weighted by Crippen LogP contribution is -2.39. The van der Waals surface area contributed by atoms with Crippen molar-refractivity contribution in [3.8, 4) is 5.75 Å². The number of amides is 1. The smallest absolute Gasteiger partial charge is 0.246 e. The van der Waals surface area contributed by atoms with Crippen LogP contribution in [-0.2, 0) is 9.53 Å². The molecule has 1 saturated heterocycles. The fourth-order valence-corrected chi connectivity index (χ4v) is 4.16. The van der Waals surface area contributed by atoms with Gasteiger partial charge in [0.1, 0.15) is 30.6 Å². The molecule has 2 atom stereocenters. The molecule has 3 N–H and O–H groups in total. The van der Waals surface area contributed by atoms with E-state index in [0.29, 0.717) is 28.8 Å². The Hall–Kier alpha value is -2.91. The largest absolute Gasteiger partial charge is 0.496 e. The standard InChI is InChI=1S/C20H23ClN6O3/c1-9-13(21)5-12(18(29-4)16(9)14-6-23-15(28)7-30-14)11(3)27-20-17(10(2)26-27)19(22)24-8-25-20/h5,8,11,14H,6-7H2,1-4H3,(H,23,28)(H2,22,24,25)/t11-,14?/m0/s1. The molecule has 1 unspecified atom stereocenters. The number of nitrogens with one attached hydrogen (secondary N) is 1. The summed E-state index contributed by atoms with van der Waals surface area (Å²) in [4.78, 5) is 20.0. The number of carbonyl (C=O) groups is 1. The lowest BCUT2D eigenvalue weighted by molar-refractivity contribution is -0.133. The first-order chi connectivity index (χ1) is 14.3. The first-order valence-electron chi connectivity index (χ1n) is 9.53. The lowest BCUT2D eigenvalue weighted by atomic mass is 9.94. The van der Waals surface area contributed by atoms with Gasteiger partial charge < -0.3 is 20.5 Å². The average molecular weight is 431 g/mol. The number of halogens is 1. The molecule has 1 aliphatic heterocycles. The molecule has 1 aliphatic rings. The molecule has 1 amide bonds. The van der Waals surface area contributed by atoms with Crippen LogP contribution in [0.3, 0.4) is 0 Å². The molecule has 0 aliphatic carbocycles. The molecule has 2 aromatic heterocycles. The highest BCUT2D eigenvalue weighted by Crippen LogP contribution is 2.42. The Labute approximate surface area is 178 Å². The summed E-state index contributed by atoms with van der Waals surface area (Å²) in [6, 6.07) is 1.61. The molecule has 30 heavy (non-hydrogen) atoms. The Morgan fingerprint density at radius 2 is 2.17 bits per heavy atom. The number of rotatable bonds is 4. The van der Waals surface area contributed by atoms with Gasteiger partial charge in [0.05, 0.1) is 24.2 Å². The second kappa shape index (κ2) is 7.73. The summed E-state index contributed by atoms with van der Waals surface area (Å²) in [5.41, 5.74) is 9.90.